The van der Waals surface area contributed by atoms with E-state index in [0.29, 0.717) is 16.7 Å². The summed E-state index contributed by atoms with van der Waals surface area (Å²) >= 11 is 9.47. The lowest BCUT2D eigenvalue weighted by Crippen LogP contribution is -2.25. The first kappa shape index (κ1) is 24.8. The Labute approximate surface area is 213 Å². The van der Waals surface area contributed by atoms with Crippen molar-refractivity contribution in [1.29, 1.82) is 0 Å². The molecule has 2 aromatic carbocycles. The van der Waals surface area contributed by atoms with Crippen molar-refractivity contribution >= 4 is 56.2 Å². The van der Waals surface area contributed by atoms with Crippen molar-refractivity contribution in [3.63, 3.8) is 0 Å². The standard InChI is InChI=1S/C23H21BrClN5O5/c24-15-6-7-18-17(9-15)23(32)29(22(28-18)13-4-2-1-3-5-13)27-11-14-8-16(25)10-19(30(33)34)21(14)35-12-20(26)31/h6-11,13H,1-5,12H2,(H2,26,31). The summed E-state index contributed by atoms with van der Waals surface area (Å²) in [4.78, 5) is 40.4. The van der Waals surface area contributed by atoms with Crippen LogP contribution in [0.25, 0.3) is 10.9 Å². The lowest BCUT2D eigenvalue weighted by atomic mass is 9.88. The number of fused-ring (bicyclic) bond motifs is 1. The number of hydrogen-bond donors (Lipinski definition) is 1. The lowest BCUT2D eigenvalue weighted by Gasteiger charge is -2.22. The van der Waals surface area contributed by atoms with E-state index in [1.165, 1.54) is 17.0 Å². The monoisotopic (exact) mass is 561 g/mol. The molecule has 0 unspecified atom stereocenters. The number of aromatic nitrogens is 2. The van der Waals surface area contributed by atoms with Crippen LogP contribution < -0.4 is 16.0 Å². The summed E-state index contributed by atoms with van der Waals surface area (Å²) in [5.41, 5.74) is 5.00. The Hall–Kier alpha value is -3.31. The van der Waals surface area contributed by atoms with Crippen LogP contribution in [0.4, 0.5) is 5.69 Å². The number of nitrogens with zero attached hydrogens (tertiary/aromatic N) is 4. The van der Waals surface area contributed by atoms with Gasteiger partial charge in [-0.15, -0.1) is 0 Å². The average Bonchev–Trinajstić information content (AvgIpc) is 2.83. The predicted molar refractivity (Wildman–Crippen MR) is 135 cm³/mol. The number of carbonyl (C=O) groups excluding carboxylic acids is 1. The van der Waals surface area contributed by atoms with Crippen molar-refractivity contribution in [2.75, 3.05) is 6.61 Å². The van der Waals surface area contributed by atoms with Crippen LogP contribution in [0, 0.1) is 10.1 Å². The summed E-state index contributed by atoms with van der Waals surface area (Å²) < 4.78 is 7.27. The van der Waals surface area contributed by atoms with E-state index in [0.717, 1.165) is 42.6 Å². The summed E-state index contributed by atoms with van der Waals surface area (Å²) in [5, 5.41) is 16.4. The largest absolute Gasteiger partial charge is 0.476 e. The zero-order chi connectivity index (χ0) is 25.1. The quantitative estimate of drug-likeness (QED) is 0.255. The van der Waals surface area contributed by atoms with Gasteiger partial charge in [-0.2, -0.15) is 9.78 Å². The Kier molecular flexibility index (Phi) is 7.46. The van der Waals surface area contributed by atoms with Gasteiger partial charge in [-0.1, -0.05) is 46.8 Å². The number of hydrogen-bond acceptors (Lipinski definition) is 7. The van der Waals surface area contributed by atoms with E-state index in [1.807, 2.05) is 6.07 Å². The van der Waals surface area contributed by atoms with Gasteiger partial charge < -0.3 is 10.5 Å². The van der Waals surface area contributed by atoms with Crippen LogP contribution in [0.1, 0.15) is 49.4 Å². The normalized spacial score (nSPS) is 14.5. The van der Waals surface area contributed by atoms with Crippen LogP contribution >= 0.6 is 27.5 Å². The summed E-state index contributed by atoms with van der Waals surface area (Å²) in [6.07, 6.45) is 6.16. The molecule has 0 radical (unpaired) electrons. The van der Waals surface area contributed by atoms with Gasteiger partial charge in [-0.05, 0) is 37.1 Å². The molecule has 0 saturated heterocycles. The van der Waals surface area contributed by atoms with E-state index in [1.54, 1.807) is 12.1 Å². The van der Waals surface area contributed by atoms with Crippen LogP contribution in [0.2, 0.25) is 5.02 Å². The van der Waals surface area contributed by atoms with Crippen molar-refractivity contribution in [3.8, 4) is 5.75 Å². The Morgan fingerprint density at radius 1 is 1.31 bits per heavy atom. The molecule has 2 N–H and O–H groups in total. The van der Waals surface area contributed by atoms with Gasteiger partial charge in [0.05, 0.1) is 22.0 Å². The second kappa shape index (κ2) is 10.5. The summed E-state index contributed by atoms with van der Waals surface area (Å²) in [6, 6.07) is 7.76. The molecule has 3 aromatic rings. The van der Waals surface area contributed by atoms with Gasteiger partial charge in [-0.25, -0.2) is 4.98 Å². The molecule has 1 amide bonds. The number of amides is 1. The van der Waals surface area contributed by atoms with Gasteiger partial charge in [0.2, 0.25) is 5.75 Å². The van der Waals surface area contributed by atoms with Crippen LogP contribution in [0.3, 0.4) is 0 Å². The number of ether oxygens (including phenoxy) is 1. The van der Waals surface area contributed by atoms with E-state index >= 15 is 0 Å². The Bertz CT molecular complexity index is 1400. The minimum atomic E-state index is -0.808. The first-order valence-corrected chi connectivity index (χ1v) is 12.1. The van der Waals surface area contributed by atoms with Gasteiger partial charge in [0.25, 0.3) is 11.5 Å². The van der Waals surface area contributed by atoms with Crippen molar-refractivity contribution in [2.45, 2.75) is 38.0 Å². The van der Waals surface area contributed by atoms with Gasteiger partial charge in [0.15, 0.2) is 6.61 Å². The number of primary amides is 1. The second-order valence-electron chi connectivity index (χ2n) is 8.18. The Morgan fingerprint density at radius 3 is 2.74 bits per heavy atom. The third-order valence-corrected chi connectivity index (χ3v) is 6.45. The molecule has 1 aliphatic rings. The lowest BCUT2D eigenvalue weighted by molar-refractivity contribution is -0.385. The maximum absolute atomic E-state index is 13.5. The van der Waals surface area contributed by atoms with E-state index in [-0.39, 0.29) is 27.8 Å². The summed E-state index contributed by atoms with van der Waals surface area (Å²) in [6.45, 7) is -0.581. The summed E-state index contributed by atoms with van der Waals surface area (Å²) in [7, 11) is 0. The number of nitrogens with two attached hydrogens (primary N) is 1. The van der Waals surface area contributed by atoms with Crippen LogP contribution in [-0.4, -0.2) is 33.3 Å². The molecule has 35 heavy (non-hydrogen) atoms. The predicted octanol–water partition coefficient (Wildman–Crippen LogP) is 4.51. The number of carbonyl (C=O) groups is 1. The minimum absolute atomic E-state index is 0.0425. The minimum Gasteiger partial charge on any atom is -0.476 e. The number of rotatable bonds is 7. The molecule has 1 aromatic heterocycles. The van der Waals surface area contributed by atoms with Crippen molar-refractivity contribution in [2.24, 2.45) is 10.8 Å². The SMILES string of the molecule is NC(=O)COc1c(C=Nn2c(C3CCCCC3)nc3ccc(Br)cc3c2=O)cc(Cl)cc1[N+](=O)[O-]. The first-order valence-electron chi connectivity index (χ1n) is 10.9. The molecular formula is C23H21BrClN5O5. The maximum Gasteiger partial charge on any atom is 0.313 e. The smallest absolute Gasteiger partial charge is 0.313 e. The molecule has 1 fully saturated rings. The molecule has 0 aliphatic heterocycles. The van der Waals surface area contributed by atoms with E-state index in [9.17, 15) is 19.7 Å². The summed E-state index contributed by atoms with van der Waals surface area (Å²) in [5.74, 6) is -0.471. The molecule has 1 saturated carbocycles. The van der Waals surface area contributed by atoms with Gasteiger partial charge in [0, 0.05) is 27.0 Å². The van der Waals surface area contributed by atoms with E-state index in [2.05, 4.69) is 21.0 Å². The Balaban J connectivity index is 1.88. The zero-order valence-electron chi connectivity index (χ0n) is 18.4. The van der Waals surface area contributed by atoms with Crippen molar-refractivity contribution < 1.29 is 14.5 Å². The van der Waals surface area contributed by atoms with Gasteiger partial charge in [0.1, 0.15) is 5.82 Å². The zero-order valence-corrected chi connectivity index (χ0v) is 20.8. The second-order valence-corrected chi connectivity index (χ2v) is 9.54. The molecule has 10 nitrogen and oxygen atoms in total. The molecule has 182 valence electrons. The molecule has 12 heteroatoms. The molecular weight excluding hydrogens is 542 g/mol. The Morgan fingerprint density at radius 2 is 2.06 bits per heavy atom. The highest BCUT2D eigenvalue weighted by atomic mass is 79.9. The van der Waals surface area contributed by atoms with Crippen LogP contribution in [0.15, 0.2) is 44.7 Å². The molecule has 0 spiro atoms. The number of nitro groups is 1. The highest BCUT2D eigenvalue weighted by Gasteiger charge is 2.24. The van der Waals surface area contributed by atoms with Gasteiger partial charge >= 0.3 is 5.69 Å². The number of benzene rings is 2. The maximum atomic E-state index is 13.5. The topological polar surface area (TPSA) is 143 Å². The van der Waals surface area contributed by atoms with Crippen LogP contribution in [0.5, 0.6) is 5.75 Å². The average molecular weight is 563 g/mol. The van der Waals surface area contributed by atoms with E-state index in [4.69, 9.17) is 27.1 Å². The van der Waals surface area contributed by atoms with Crippen molar-refractivity contribution in [1.82, 2.24) is 9.66 Å². The number of halogens is 2. The third kappa shape index (κ3) is 5.51. The molecule has 1 aliphatic carbocycles. The molecule has 1 heterocycles. The highest BCUT2D eigenvalue weighted by molar-refractivity contribution is 9.10. The van der Waals surface area contributed by atoms with Gasteiger partial charge in [-0.3, -0.25) is 19.7 Å². The number of nitro benzene ring substituents is 1. The third-order valence-electron chi connectivity index (χ3n) is 5.73. The molecule has 4 rings (SSSR count). The highest BCUT2D eigenvalue weighted by Crippen LogP contribution is 2.34. The fourth-order valence-electron chi connectivity index (χ4n) is 4.15. The fourth-order valence-corrected chi connectivity index (χ4v) is 4.74. The first-order chi connectivity index (χ1) is 16.7. The molecule has 0 bridgehead atoms. The van der Waals surface area contributed by atoms with E-state index < -0.39 is 23.1 Å². The molecule has 0 atom stereocenters. The van der Waals surface area contributed by atoms with Crippen LogP contribution in [-0.2, 0) is 4.79 Å². The fraction of sp³-hybridized carbons (Fsp3) is 0.304. The van der Waals surface area contributed by atoms with Crippen molar-refractivity contribution in [3.05, 3.63) is 71.7 Å².